The Kier molecular flexibility index (Phi) is 4.58. The fourth-order valence-corrected chi connectivity index (χ4v) is 3.94. The summed E-state index contributed by atoms with van der Waals surface area (Å²) in [7, 11) is 0. The van der Waals surface area contributed by atoms with E-state index in [4.69, 9.17) is 14.6 Å². The lowest BCUT2D eigenvalue weighted by Gasteiger charge is -2.05. The summed E-state index contributed by atoms with van der Waals surface area (Å²) in [6, 6.07) is 22.1. The van der Waals surface area contributed by atoms with Gasteiger partial charge in [0.25, 0.3) is 0 Å². The van der Waals surface area contributed by atoms with Crippen molar-refractivity contribution in [2.45, 2.75) is 13.1 Å². The van der Waals surface area contributed by atoms with Crippen LogP contribution in [0.3, 0.4) is 0 Å². The molecule has 6 rings (SSSR count). The van der Waals surface area contributed by atoms with Crippen molar-refractivity contribution in [1.82, 2.24) is 24.5 Å². The second-order valence-corrected chi connectivity index (χ2v) is 7.65. The molecule has 0 spiro atoms. The Balaban J connectivity index is 1.29. The molecule has 4 heterocycles. The van der Waals surface area contributed by atoms with E-state index in [0.29, 0.717) is 13.1 Å². The average Bonchev–Trinajstić information content (AvgIpc) is 3.57. The fourth-order valence-electron chi connectivity index (χ4n) is 3.94. The van der Waals surface area contributed by atoms with Crippen LogP contribution in [0.1, 0.15) is 11.3 Å². The molecular formula is C25H21N5O2. The van der Waals surface area contributed by atoms with E-state index in [1.54, 1.807) is 0 Å². The molecule has 3 aromatic heterocycles. The molecule has 0 aliphatic carbocycles. The van der Waals surface area contributed by atoms with Crippen LogP contribution in [0.2, 0.25) is 0 Å². The lowest BCUT2D eigenvalue weighted by Crippen LogP contribution is -2.13. The number of nitrogens with one attached hydrogen (secondary N) is 1. The van der Waals surface area contributed by atoms with Crippen LogP contribution in [0.15, 0.2) is 85.3 Å². The molecule has 5 aromatic rings. The highest BCUT2D eigenvalue weighted by Gasteiger charge is 2.18. The first-order valence-corrected chi connectivity index (χ1v) is 10.5. The smallest absolute Gasteiger partial charge is 0.231 e. The molecule has 1 N–H and O–H groups in total. The monoisotopic (exact) mass is 423 g/mol. The zero-order valence-electron chi connectivity index (χ0n) is 17.3. The molecule has 0 atom stereocenters. The summed E-state index contributed by atoms with van der Waals surface area (Å²) in [5, 5.41) is 8.42. The Morgan fingerprint density at radius 2 is 1.75 bits per heavy atom. The predicted molar refractivity (Wildman–Crippen MR) is 121 cm³/mol. The van der Waals surface area contributed by atoms with Gasteiger partial charge in [-0.05, 0) is 42.5 Å². The van der Waals surface area contributed by atoms with Crippen molar-refractivity contribution in [2.24, 2.45) is 0 Å². The molecule has 1 aliphatic heterocycles. The number of imidazole rings is 1. The molecular weight excluding hydrogens is 402 g/mol. The Hall–Kier alpha value is -4.10. The molecule has 7 nitrogen and oxygen atoms in total. The molecule has 0 fully saturated rings. The number of nitrogens with zero attached hydrogens (tertiary/aromatic N) is 4. The lowest BCUT2D eigenvalue weighted by atomic mass is 10.1. The summed E-state index contributed by atoms with van der Waals surface area (Å²) in [5.74, 6) is 1.52. The number of ether oxygens (including phenoxy) is 2. The lowest BCUT2D eigenvalue weighted by molar-refractivity contribution is 0.174. The maximum Gasteiger partial charge on any atom is 0.231 e. The number of hydrogen-bond donors (Lipinski definition) is 1. The van der Waals surface area contributed by atoms with Crippen LogP contribution in [0, 0.1) is 0 Å². The SMILES string of the molecule is c1ccc(-n2cc(CNCc3cn4ccccc4n3)c(-c3ccc4c(c3)OCO4)n2)cc1. The highest BCUT2D eigenvalue weighted by molar-refractivity contribution is 5.67. The summed E-state index contributed by atoms with van der Waals surface area (Å²) in [6.07, 6.45) is 6.13. The maximum atomic E-state index is 5.58. The van der Waals surface area contributed by atoms with Gasteiger partial charge in [0.2, 0.25) is 6.79 Å². The standard InChI is InChI=1S/C25H21N5O2/c1-2-6-21(7-3-1)30-15-19(13-26-14-20-16-29-11-5-4-8-24(29)27-20)25(28-30)18-9-10-22-23(12-18)32-17-31-22/h1-12,15-16,26H,13-14,17H2. The molecule has 32 heavy (non-hydrogen) atoms. The van der Waals surface area contributed by atoms with Crippen LogP contribution >= 0.6 is 0 Å². The molecule has 0 amide bonds. The second kappa shape index (κ2) is 7.86. The minimum Gasteiger partial charge on any atom is -0.454 e. The topological polar surface area (TPSA) is 65.6 Å². The van der Waals surface area contributed by atoms with Gasteiger partial charge in [0, 0.05) is 42.8 Å². The van der Waals surface area contributed by atoms with Gasteiger partial charge in [0.1, 0.15) is 5.65 Å². The minimum absolute atomic E-state index is 0.255. The van der Waals surface area contributed by atoms with Gasteiger partial charge in [0.15, 0.2) is 11.5 Å². The van der Waals surface area contributed by atoms with E-state index in [-0.39, 0.29) is 6.79 Å². The van der Waals surface area contributed by atoms with Crippen LogP contribution in [0.5, 0.6) is 11.5 Å². The summed E-state index contributed by atoms with van der Waals surface area (Å²) < 4.78 is 15.0. The van der Waals surface area contributed by atoms with E-state index >= 15 is 0 Å². The van der Waals surface area contributed by atoms with Crippen molar-refractivity contribution < 1.29 is 9.47 Å². The van der Waals surface area contributed by atoms with Crippen molar-refractivity contribution >= 4 is 5.65 Å². The number of para-hydroxylation sites is 1. The van der Waals surface area contributed by atoms with Gasteiger partial charge in [-0.2, -0.15) is 5.10 Å². The predicted octanol–water partition coefficient (Wildman–Crippen LogP) is 4.21. The van der Waals surface area contributed by atoms with Gasteiger partial charge >= 0.3 is 0 Å². The minimum atomic E-state index is 0.255. The average molecular weight is 423 g/mol. The number of hydrogen-bond acceptors (Lipinski definition) is 5. The number of fused-ring (bicyclic) bond motifs is 2. The Bertz CT molecular complexity index is 1360. The zero-order valence-corrected chi connectivity index (χ0v) is 17.3. The fraction of sp³-hybridized carbons (Fsp3) is 0.120. The molecule has 0 radical (unpaired) electrons. The van der Waals surface area contributed by atoms with Crippen molar-refractivity contribution in [2.75, 3.05) is 6.79 Å². The number of pyridine rings is 1. The van der Waals surface area contributed by atoms with E-state index in [1.807, 2.05) is 82.0 Å². The Morgan fingerprint density at radius 3 is 2.66 bits per heavy atom. The van der Waals surface area contributed by atoms with Gasteiger partial charge in [-0.25, -0.2) is 9.67 Å². The summed E-state index contributed by atoms with van der Waals surface area (Å²) in [6.45, 7) is 1.58. The summed E-state index contributed by atoms with van der Waals surface area (Å²) in [5.41, 5.74) is 5.96. The van der Waals surface area contributed by atoms with E-state index in [1.165, 1.54) is 0 Å². The molecule has 0 unspecified atom stereocenters. The third kappa shape index (κ3) is 3.48. The van der Waals surface area contributed by atoms with Crippen molar-refractivity contribution in [3.63, 3.8) is 0 Å². The molecule has 0 bridgehead atoms. The number of rotatable bonds is 6. The largest absolute Gasteiger partial charge is 0.454 e. The van der Waals surface area contributed by atoms with E-state index in [2.05, 4.69) is 22.7 Å². The first kappa shape index (κ1) is 18.7. The summed E-state index contributed by atoms with van der Waals surface area (Å²) in [4.78, 5) is 4.67. The van der Waals surface area contributed by atoms with E-state index < -0.39 is 0 Å². The molecule has 2 aromatic carbocycles. The normalized spacial score (nSPS) is 12.5. The highest BCUT2D eigenvalue weighted by atomic mass is 16.7. The van der Waals surface area contributed by atoms with Crippen LogP contribution in [0.25, 0.3) is 22.6 Å². The first-order valence-electron chi connectivity index (χ1n) is 10.5. The second-order valence-electron chi connectivity index (χ2n) is 7.65. The van der Waals surface area contributed by atoms with Gasteiger partial charge < -0.3 is 19.2 Å². The van der Waals surface area contributed by atoms with Gasteiger partial charge in [-0.3, -0.25) is 0 Å². The summed E-state index contributed by atoms with van der Waals surface area (Å²) >= 11 is 0. The van der Waals surface area contributed by atoms with Crippen molar-refractivity contribution in [3.8, 4) is 28.4 Å². The van der Waals surface area contributed by atoms with Crippen molar-refractivity contribution in [1.29, 1.82) is 0 Å². The third-order valence-electron chi connectivity index (χ3n) is 5.49. The molecule has 1 aliphatic rings. The Labute approximate surface area is 184 Å². The maximum absolute atomic E-state index is 5.58. The van der Waals surface area contributed by atoms with Gasteiger partial charge in [0.05, 0.1) is 17.1 Å². The van der Waals surface area contributed by atoms with Crippen molar-refractivity contribution in [3.05, 3.63) is 96.6 Å². The first-order chi connectivity index (χ1) is 15.8. The van der Waals surface area contributed by atoms with Crippen LogP contribution in [-0.4, -0.2) is 26.0 Å². The van der Waals surface area contributed by atoms with Gasteiger partial charge in [-0.1, -0.05) is 24.3 Å². The van der Waals surface area contributed by atoms with Gasteiger partial charge in [-0.15, -0.1) is 0 Å². The molecule has 158 valence electrons. The van der Waals surface area contributed by atoms with Crippen LogP contribution in [-0.2, 0) is 13.1 Å². The molecule has 0 saturated carbocycles. The van der Waals surface area contributed by atoms with Crippen LogP contribution < -0.4 is 14.8 Å². The Morgan fingerprint density at radius 1 is 0.875 bits per heavy atom. The van der Waals surface area contributed by atoms with E-state index in [9.17, 15) is 0 Å². The highest BCUT2D eigenvalue weighted by Crippen LogP contribution is 2.36. The quantitative estimate of drug-likeness (QED) is 0.443. The number of benzene rings is 2. The van der Waals surface area contributed by atoms with Crippen LogP contribution in [0.4, 0.5) is 0 Å². The zero-order chi connectivity index (χ0) is 21.3. The third-order valence-corrected chi connectivity index (χ3v) is 5.49. The molecule has 7 heteroatoms. The molecule has 0 saturated heterocycles. The van der Waals surface area contributed by atoms with E-state index in [0.717, 1.165) is 45.3 Å². The number of aromatic nitrogens is 4.